The smallest absolute Gasteiger partial charge is 0.0891 e. The second-order valence-corrected chi connectivity index (χ2v) is 5.89. The van der Waals surface area contributed by atoms with E-state index < -0.39 is 0 Å². The fourth-order valence-corrected chi connectivity index (χ4v) is 3.32. The van der Waals surface area contributed by atoms with E-state index in [1.165, 1.54) is 19.4 Å². The Morgan fingerprint density at radius 2 is 2.07 bits per heavy atom. The van der Waals surface area contributed by atoms with Gasteiger partial charge in [-0.25, -0.2) is 0 Å². The van der Waals surface area contributed by atoms with E-state index in [4.69, 9.17) is 18.0 Å². The number of thioether (sulfide) groups is 1. The van der Waals surface area contributed by atoms with Gasteiger partial charge in [0.2, 0.25) is 0 Å². The standard InChI is InChI=1S/C11H22N2S2/c1-3-4-7-13-8-5-11(15-2,6-9-13)10(12)14/h3-9H2,1-2H3,(H2,12,14). The summed E-state index contributed by atoms with van der Waals surface area (Å²) < 4.78 is 0.0814. The molecule has 0 amide bonds. The summed E-state index contributed by atoms with van der Waals surface area (Å²) in [6.45, 7) is 5.78. The molecule has 88 valence electrons. The van der Waals surface area contributed by atoms with Crippen LogP contribution in [0.1, 0.15) is 32.6 Å². The molecule has 4 heteroatoms. The normalized spacial score (nSPS) is 21.5. The van der Waals surface area contributed by atoms with Gasteiger partial charge in [-0.1, -0.05) is 25.6 Å². The van der Waals surface area contributed by atoms with Crippen LogP contribution in [0.15, 0.2) is 0 Å². The third-order valence-electron chi connectivity index (χ3n) is 3.33. The van der Waals surface area contributed by atoms with Crippen LogP contribution in [0.3, 0.4) is 0 Å². The largest absolute Gasteiger partial charge is 0.392 e. The molecule has 1 aliphatic heterocycles. The first-order chi connectivity index (χ1) is 7.14. The van der Waals surface area contributed by atoms with Gasteiger partial charge in [-0.05, 0) is 45.2 Å². The third kappa shape index (κ3) is 3.33. The highest BCUT2D eigenvalue weighted by Gasteiger charge is 2.36. The second kappa shape index (κ2) is 6.06. The Labute approximate surface area is 103 Å². The van der Waals surface area contributed by atoms with Gasteiger partial charge in [0.25, 0.3) is 0 Å². The molecule has 1 heterocycles. The zero-order valence-corrected chi connectivity index (χ0v) is 11.4. The van der Waals surface area contributed by atoms with Crippen molar-refractivity contribution in [2.45, 2.75) is 37.4 Å². The van der Waals surface area contributed by atoms with Gasteiger partial charge in [0.1, 0.15) is 0 Å². The molecule has 2 N–H and O–H groups in total. The molecule has 0 saturated carbocycles. The number of hydrogen-bond acceptors (Lipinski definition) is 3. The van der Waals surface area contributed by atoms with Crippen LogP contribution in [0.4, 0.5) is 0 Å². The maximum atomic E-state index is 5.85. The van der Waals surface area contributed by atoms with Crippen molar-refractivity contribution in [3.05, 3.63) is 0 Å². The Morgan fingerprint density at radius 1 is 1.47 bits per heavy atom. The van der Waals surface area contributed by atoms with Gasteiger partial charge < -0.3 is 10.6 Å². The Bertz CT molecular complexity index is 211. The summed E-state index contributed by atoms with van der Waals surface area (Å²) >= 11 is 7.03. The maximum Gasteiger partial charge on any atom is 0.0891 e. The summed E-state index contributed by atoms with van der Waals surface area (Å²) in [5, 5.41) is 0. The molecule has 15 heavy (non-hydrogen) atoms. The number of likely N-dealkylation sites (tertiary alicyclic amines) is 1. The fourth-order valence-electron chi connectivity index (χ4n) is 2.07. The molecule has 1 aliphatic rings. The number of piperidine rings is 1. The predicted molar refractivity (Wildman–Crippen MR) is 73.6 cm³/mol. The van der Waals surface area contributed by atoms with Crippen LogP contribution in [0.2, 0.25) is 0 Å². The molecule has 2 nitrogen and oxygen atoms in total. The van der Waals surface area contributed by atoms with Gasteiger partial charge in [0, 0.05) is 0 Å². The SMILES string of the molecule is CCCCN1CCC(SC)(C(N)=S)CC1. The Hall–Kier alpha value is 0.200. The monoisotopic (exact) mass is 246 g/mol. The lowest BCUT2D eigenvalue weighted by Crippen LogP contribution is -2.49. The van der Waals surface area contributed by atoms with Crippen molar-refractivity contribution in [3.8, 4) is 0 Å². The summed E-state index contributed by atoms with van der Waals surface area (Å²) in [7, 11) is 0. The second-order valence-electron chi connectivity index (χ2n) is 4.26. The third-order valence-corrected chi connectivity index (χ3v) is 5.26. The molecule has 0 aromatic heterocycles. The summed E-state index contributed by atoms with van der Waals surface area (Å²) in [5.41, 5.74) is 5.85. The molecule has 0 bridgehead atoms. The summed E-state index contributed by atoms with van der Waals surface area (Å²) in [4.78, 5) is 3.24. The Morgan fingerprint density at radius 3 is 2.47 bits per heavy atom. The van der Waals surface area contributed by atoms with Crippen molar-refractivity contribution < 1.29 is 0 Å². The number of rotatable bonds is 5. The Balaban J connectivity index is 2.42. The van der Waals surface area contributed by atoms with Crippen LogP contribution in [0.5, 0.6) is 0 Å². The van der Waals surface area contributed by atoms with Crippen LogP contribution in [0.25, 0.3) is 0 Å². The van der Waals surface area contributed by atoms with Crippen molar-refractivity contribution in [2.75, 3.05) is 25.9 Å². The molecule has 0 spiro atoms. The van der Waals surface area contributed by atoms with E-state index in [2.05, 4.69) is 18.1 Å². The van der Waals surface area contributed by atoms with Crippen molar-refractivity contribution in [1.29, 1.82) is 0 Å². The lowest BCUT2D eigenvalue weighted by atomic mass is 9.95. The highest BCUT2D eigenvalue weighted by atomic mass is 32.2. The topological polar surface area (TPSA) is 29.3 Å². The van der Waals surface area contributed by atoms with Crippen molar-refractivity contribution in [2.24, 2.45) is 5.73 Å². The van der Waals surface area contributed by atoms with E-state index in [1.807, 2.05) is 11.8 Å². The molecule has 0 aromatic carbocycles. The number of unbranched alkanes of at least 4 members (excludes halogenated alkanes) is 1. The van der Waals surface area contributed by atoms with E-state index in [1.54, 1.807) is 0 Å². The molecule has 0 radical (unpaired) electrons. The van der Waals surface area contributed by atoms with Crippen LogP contribution in [-0.4, -0.2) is 40.5 Å². The van der Waals surface area contributed by atoms with E-state index in [0.717, 1.165) is 25.9 Å². The quantitative estimate of drug-likeness (QED) is 0.754. The van der Waals surface area contributed by atoms with Gasteiger partial charge in [0.15, 0.2) is 0 Å². The summed E-state index contributed by atoms with van der Waals surface area (Å²) in [6.07, 6.45) is 6.94. The average Bonchev–Trinajstić information content (AvgIpc) is 2.27. The molecule has 0 aromatic rings. The maximum absolute atomic E-state index is 5.85. The highest BCUT2D eigenvalue weighted by Crippen LogP contribution is 2.34. The van der Waals surface area contributed by atoms with E-state index in [-0.39, 0.29) is 4.75 Å². The van der Waals surface area contributed by atoms with Crippen LogP contribution in [-0.2, 0) is 0 Å². The zero-order valence-electron chi connectivity index (χ0n) is 9.79. The molecule has 1 saturated heterocycles. The average molecular weight is 246 g/mol. The number of thiocarbonyl (C=S) groups is 1. The molecule has 0 atom stereocenters. The molecule has 1 fully saturated rings. The van der Waals surface area contributed by atoms with Crippen molar-refractivity contribution in [3.63, 3.8) is 0 Å². The number of nitrogens with zero attached hydrogens (tertiary/aromatic N) is 1. The predicted octanol–water partition coefficient (Wildman–Crippen LogP) is 2.27. The van der Waals surface area contributed by atoms with Gasteiger partial charge in [-0.2, -0.15) is 11.8 Å². The first-order valence-corrected chi connectivity index (χ1v) is 7.35. The number of hydrogen-bond donors (Lipinski definition) is 1. The van der Waals surface area contributed by atoms with E-state index >= 15 is 0 Å². The summed E-state index contributed by atoms with van der Waals surface area (Å²) in [5.74, 6) is 0. The lowest BCUT2D eigenvalue weighted by Gasteiger charge is -2.40. The highest BCUT2D eigenvalue weighted by molar-refractivity contribution is 8.01. The molecular weight excluding hydrogens is 224 g/mol. The van der Waals surface area contributed by atoms with Gasteiger partial charge in [-0.3, -0.25) is 0 Å². The van der Waals surface area contributed by atoms with Crippen LogP contribution >= 0.6 is 24.0 Å². The molecule has 0 unspecified atom stereocenters. The minimum absolute atomic E-state index is 0.0814. The number of nitrogens with two attached hydrogens (primary N) is 1. The Kier molecular flexibility index (Phi) is 5.36. The first kappa shape index (κ1) is 13.3. The first-order valence-electron chi connectivity index (χ1n) is 5.72. The summed E-state index contributed by atoms with van der Waals surface area (Å²) in [6, 6.07) is 0. The van der Waals surface area contributed by atoms with Crippen molar-refractivity contribution in [1.82, 2.24) is 4.90 Å². The fraction of sp³-hybridized carbons (Fsp3) is 0.909. The van der Waals surface area contributed by atoms with E-state index in [9.17, 15) is 0 Å². The van der Waals surface area contributed by atoms with Gasteiger partial charge >= 0.3 is 0 Å². The zero-order chi connectivity index (χ0) is 11.3. The molecule has 0 aliphatic carbocycles. The minimum atomic E-state index is 0.0814. The van der Waals surface area contributed by atoms with Crippen LogP contribution in [0, 0.1) is 0 Å². The van der Waals surface area contributed by atoms with Gasteiger partial charge in [-0.15, -0.1) is 0 Å². The minimum Gasteiger partial charge on any atom is -0.392 e. The van der Waals surface area contributed by atoms with Gasteiger partial charge in [0.05, 0.1) is 9.74 Å². The molecule has 1 rings (SSSR count). The van der Waals surface area contributed by atoms with Crippen molar-refractivity contribution >= 4 is 29.0 Å². The lowest BCUT2D eigenvalue weighted by molar-refractivity contribution is 0.217. The van der Waals surface area contributed by atoms with Crippen LogP contribution < -0.4 is 5.73 Å². The van der Waals surface area contributed by atoms with E-state index in [0.29, 0.717) is 4.99 Å². The molecular formula is C11H22N2S2.